The topological polar surface area (TPSA) is 32.3 Å². The zero-order valence-electron chi connectivity index (χ0n) is 12.7. The minimum absolute atomic E-state index is 0.290. The molecule has 0 aromatic rings. The molecule has 3 nitrogen and oxygen atoms in total. The van der Waals surface area contributed by atoms with Crippen molar-refractivity contribution >= 4 is 5.91 Å². The predicted octanol–water partition coefficient (Wildman–Crippen LogP) is 2.80. The van der Waals surface area contributed by atoms with Gasteiger partial charge in [0.05, 0.1) is 0 Å². The number of nitrogens with zero attached hydrogens (tertiary/aromatic N) is 1. The maximum absolute atomic E-state index is 12.4. The normalized spacial score (nSPS) is 28.5. The predicted molar refractivity (Wildman–Crippen MR) is 79.0 cm³/mol. The second-order valence-corrected chi connectivity index (χ2v) is 6.54. The summed E-state index contributed by atoms with van der Waals surface area (Å²) in [5.41, 5.74) is 0. The molecule has 3 heteroatoms. The fourth-order valence-electron chi connectivity index (χ4n) is 3.73. The maximum atomic E-state index is 12.4. The summed E-state index contributed by atoms with van der Waals surface area (Å²) in [6, 6.07) is 0.632. The average molecular weight is 266 g/mol. The van der Waals surface area contributed by atoms with Crippen molar-refractivity contribution in [2.45, 2.75) is 63.8 Å². The molecule has 0 aromatic heterocycles. The van der Waals surface area contributed by atoms with E-state index in [9.17, 15) is 4.79 Å². The van der Waals surface area contributed by atoms with Crippen LogP contribution < -0.4 is 5.32 Å². The molecular weight excluding hydrogens is 236 g/mol. The molecule has 2 saturated carbocycles. The second-order valence-electron chi connectivity index (χ2n) is 6.54. The van der Waals surface area contributed by atoms with Crippen LogP contribution in [0.5, 0.6) is 0 Å². The minimum atomic E-state index is 0.290. The second kappa shape index (κ2) is 7.28. The van der Waals surface area contributed by atoms with E-state index in [0.717, 1.165) is 38.1 Å². The highest BCUT2D eigenvalue weighted by molar-refractivity contribution is 5.78. The fourth-order valence-corrected chi connectivity index (χ4v) is 3.73. The van der Waals surface area contributed by atoms with Gasteiger partial charge >= 0.3 is 0 Å². The van der Waals surface area contributed by atoms with Crippen LogP contribution in [0, 0.1) is 11.8 Å². The molecule has 0 aliphatic heterocycles. The molecule has 2 aliphatic carbocycles. The highest BCUT2D eigenvalue weighted by Gasteiger charge is 2.27. The van der Waals surface area contributed by atoms with Crippen molar-refractivity contribution in [3.8, 4) is 0 Å². The van der Waals surface area contributed by atoms with E-state index in [0.29, 0.717) is 11.9 Å². The van der Waals surface area contributed by atoms with Crippen LogP contribution in [0.4, 0.5) is 0 Å². The molecule has 0 saturated heterocycles. The summed E-state index contributed by atoms with van der Waals surface area (Å²) < 4.78 is 0. The first-order valence-electron chi connectivity index (χ1n) is 8.13. The lowest BCUT2D eigenvalue weighted by Gasteiger charge is -2.30. The molecule has 0 radical (unpaired) electrons. The Bertz CT molecular complexity index is 278. The van der Waals surface area contributed by atoms with Crippen molar-refractivity contribution in [1.82, 2.24) is 10.2 Å². The van der Waals surface area contributed by atoms with E-state index in [1.165, 1.54) is 32.1 Å². The van der Waals surface area contributed by atoms with Gasteiger partial charge < -0.3 is 10.2 Å². The number of carbonyl (C=O) groups excluding carboxylic acids is 1. The molecule has 2 aliphatic rings. The standard InChI is InChI=1S/C16H30N2O/c1-17-15-9-7-14(8-10-15)16(19)18(2)12-11-13-5-3-4-6-13/h13-15,17H,3-12H2,1-2H3. The molecule has 1 N–H and O–H groups in total. The number of carbonyl (C=O) groups is 1. The molecule has 110 valence electrons. The van der Waals surface area contributed by atoms with Crippen LogP contribution in [0.3, 0.4) is 0 Å². The summed E-state index contributed by atoms with van der Waals surface area (Å²) in [5.74, 6) is 1.57. The maximum Gasteiger partial charge on any atom is 0.225 e. The molecule has 0 aromatic carbocycles. The van der Waals surface area contributed by atoms with Crippen LogP contribution in [-0.4, -0.2) is 37.5 Å². The Kier molecular flexibility index (Phi) is 5.68. The highest BCUT2D eigenvalue weighted by atomic mass is 16.2. The first-order valence-corrected chi connectivity index (χ1v) is 8.13. The third kappa shape index (κ3) is 4.20. The van der Waals surface area contributed by atoms with E-state index in [-0.39, 0.29) is 5.92 Å². The average Bonchev–Trinajstić information content (AvgIpc) is 2.97. The number of amides is 1. The van der Waals surface area contributed by atoms with Gasteiger partial charge in [-0.05, 0) is 45.1 Å². The van der Waals surface area contributed by atoms with Crippen LogP contribution in [0.15, 0.2) is 0 Å². The Morgan fingerprint density at radius 2 is 1.74 bits per heavy atom. The van der Waals surface area contributed by atoms with Crippen molar-refractivity contribution in [2.75, 3.05) is 20.6 Å². The van der Waals surface area contributed by atoms with Crippen LogP contribution in [-0.2, 0) is 4.79 Å². The summed E-state index contributed by atoms with van der Waals surface area (Å²) in [7, 11) is 4.03. The van der Waals surface area contributed by atoms with E-state index in [1.54, 1.807) is 0 Å². The Hall–Kier alpha value is -0.570. The quantitative estimate of drug-likeness (QED) is 0.830. The number of hydrogen-bond acceptors (Lipinski definition) is 2. The Balaban J connectivity index is 1.69. The number of nitrogens with one attached hydrogen (secondary N) is 1. The lowest BCUT2D eigenvalue weighted by atomic mass is 9.85. The van der Waals surface area contributed by atoms with Gasteiger partial charge in [-0.3, -0.25) is 4.79 Å². The van der Waals surface area contributed by atoms with E-state index in [4.69, 9.17) is 0 Å². The van der Waals surface area contributed by atoms with Crippen LogP contribution in [0.2, 0.25) is 0 Å². The summed E-state index contributed by atoms with van der Waals surface area (Å²) in [6.07, 6.45) is 11.2. The number of hydrogen-bond donors (Lipinski definition) is 1. The van der Waals surface area contributed by atoms with Gasteiger partial charge in [-0.2, -0.15) is 0 Å². The highest BCUT2D eigenvalue weighted by Crippen LogP contribution is 2.29. The van der Waals surface area contributed by atoms with Crippen LogP contribution in [0.1, 0.15) is 57.8 Å². The van der Waals surface area contributed by atoms with E-state index >= 15 is 0 Å². The SMILES string of the molecule is CNC1CCC(C(=O)N(C)CCC2CCCC2)CC1. The summed E-state index contributed by atoms with van der Waals surface area (Å²) in [6.45, 7) is 0.968. The van der Waals surface area contributed by atoms with Crippen molar-refractivity contribution in [3.05, 3.63) is 0 Å². The third-order valence-corrected chi connectivity index (χ3v) is 5.21. The molecule has 0 atom stereocenters. The molecule has 19 heavy (non-hydrogen) atoms. The minimum Gasteiger partial charge on any atom is -0.346 e. The van der Waals surface area contributed by atoms with Crippen molar-refractivity contribution < 1.29 is 4.79 Å². The molecule has 0 bridgehead atoms. The van der Waals surface area contributed by atoms with Gasteiger partial charge in [0.2, 0.25) is 5.91 Å². The van der Waals surface area contributed by atoms with E-state index < -0.39 is 0 Å². The van der Waals surface area contributed by atoms with Gasteiger partial charge in [-0.25, -0.2) is 0 Å². The smallest absolute Gasteiger partial charge is 0.225 e. The molecule has 0 spiro atoms. The molecule has 2 rings (SSSR count). The van der Waals surface area contributed by atoms with E-state index in [1.807, 2.05) is 19.0 Å². The third-order valence-electron chi connectivity index (χ3n) is 5.21. The summed E-state index contributed by atoms with van der Waals surface area (Å²) in [5, 5.41) is 3.33. The van der Waals surface area contributed by atoms with Gasteiger partial charge in [0.1, 0.15) is 0 Å². The largest absolute Gasteiger partial charge is 0.346 e. The van der Waals surface area contributed by atoms with Gasteiger partial charge in [0, 0.05) is 25.6 Å². The summed E-state index contributed by atoms with van der Waals surface area (Å²) >= 11 is 0. The lowest BCUT2D eigenvalue weighted by Crippen LogP contribution is -2.39. The van der Waals surface area contributed by atoms with Gasteiger partial charge in [0.15, 0.2) is 0 Å². The van der Waals surface area contributed by atoms with Gasteiger partial charge in [-0.1, -0.05) is 25.7 Å². The molecule has 0 heterocycles. The lowest BCUT2D eigenvalue weighted by molar-refractivity contribution is -0.135. The molecule has 2 fully saturated rings. The fraction of sp³-hybridized carbons (Fsp3) is 0.938. The monoisotopic (exact) mass is 266 g/mol. The molecule has 1 amide bonds. The van der Waals surface area contributed by atoms with Gasteiger partial charge in [-0.15, -0.1) is 0 Å². The first-order chi connectivity index (χ1) is 9.20. The van der Waals surface area contributed by atoms with Crippen molar-refractivity contribution in [1.29, 1.82) is 0 Å². The Morgan fingerprint density at radius 3 is 2.32 bits per heavy atom. The van der Waals surface area contributed by atoms with Crippen LogP contribution >= 0.6 is 0 Å². The molecular formula is C16H30N2O. The van der Waals surface area contributed by atoms with Gasteiger partial charge in [0.25, 0.3) is 0 Å². The van der Waals surface area contributed by atoms with Crippen molar-refractivity contribution in [3.63, 3.8) is 0 Å². The van der Waals surface area contributed by atoms with Crippen molar-refractivity contribution in [2.24, 2.45) is 11.8 Å². The molecule has 0 unspecified atom stereocenters. The van der Waals surface area contributed by atoms with Crippen LogP contribution in [0.25, 0.3) is 0 Å². The first kappa shape index (κ1) is 14.8. The zero-order chi connectivity index (χ0) is 13.7. The number of rotatable bonds is 5. The Labute approximate surface area is 118 Å². The Morgan fingerprint density at radius 1 is 1.11 bits per heavy atom. The van der Waals surface area contributed by atoms with E-state index in [2.05, 4.69) is 5.32 Å². The summed E-state index contributed by atoms with van der Waals surface area (Å²) in [4.78, 5) is 14.4. The zero-order valence-corrected chi connectivity index (χ0v) is 12.7.